The predicted molar refractivity (Wildman–Crippen MR) is 67.9 cm³/mol. The average molecular weight is 248 g/mol. The first kappa shape index (κ1) is 10.9. The van der Waals surface area contributed by atoms with Gasteiger partial charge in [0.05, 0.1) is 0 Å². The van der Waals surface area contributed by atoms with Gasteiger partial charge in [-0.05, 0) is 30.2 Å². The number of thiophene rings is 1. The van der Waals surface area contributed by atoms with Crippen LogP contribution in [0.2, 0.25) is 0 Å². The van der Waals surface area contributed by atoms with Gasteiger partial charge in [-0.3, -0.25) is 5.10 Å². The van der Waals surface area contributed by atoms with Crippen molar-refractivity contribution in [2.75, 3.05) is 6.54 Å². The summed E-state index contributed by atoms with van der Waals surface area (Å²) in [5.74, 6) is 1.79. The summed E-state index contributed by atoms with van der Waals surface area (Å²) in [4.78, 5) is 5.60. The van der Waals surface area contributed by atoms with E-state index in [1.165, 1.54) is 17.7 Å². The summed E-state index contributed by atoms with van der Waals surface area (Å²) >= 11 is 1.85. The van der Waals surface area contributed by atoms with Crippen LogP contribution in [0.25, 0.3) is 0 Å². The van der Waals surface area contributed by atoms with Crippen molar-refractivity contribution in [3.8, 4) is 0 Å². The Morgan fingerprint density at radius 1 is 1.53 bits per heavy atom. The molecule has 0 saturated heterocycles. The molecule has 0 aromatic carbocycles. The van der Waals surface area contributed by atoms with Gasteiger partial charge in [0.2, 0.25) is 0 Å². The van der Waals surface area contributed by atoms with Gasteiger partial charge >= 0.3 is 0 Å². The molecule has 2 heterocycles. The lowest BCUT2D eigenvalue weighted by molar-refractivity contribution is 0.488. The van der Waals surface area contributed by atoms with Crippen molar-refractivity contribution in [3.05, 3.63) is 34.5 Å². The molecule has 1 unspecified atom stereocenters. The third kappa shape index (κ3) is 2.73. The van der Waals surface area contributed by atoms with Gasteiger partial charge < -0.3 is 5.32 Å². The number of hydrogen-bond donors (Lipinski definition) is 2. The van der Waals surface area contributed by atoms with Gasteiger partial charge in [-0.25, -0.2) is 4.98 Å². The van der Waals surface area contributed by atoms with Crippen LogP contribution in [0.5, 0.6) is 0 Å². The Bertz CT molecular complexity index is 433. The van der Waals surface area contributed by atoms with E-state index in [4.69, 9.17) is 0 Å². The molecule has 0 spiro atoms. The maximum Gasteiger partial charge on any atom is 0.137 e. The highest BCUT2D eigenvalue weighted by molar-refractivity contribution is 7.10. The number of nitrogens with one attached hydrogen (secondary N) is 2. The Hall–Kier alpha value is -1.20. The third-order valence-electron chi connectivity index (χ3n) is 3.13. The third-order valence-corrected chi connectivity index (χ3v) is 4.09. The summed E-state index contributed by atoms with van der Waals surface area (Å²) < 4.78 is 0. The Kier molecular flexibility index (Phi) is 3.20. The molecule has 0 amide bonds. The summed E-state index contributed by atoms with van der Waals surface area (Å²) in [5, 5.41) is 12.5. The SMILES string of the molecule is c1csc(C(NCCc2ncn[nH]2)C2CC2)c1. The van der Waals surface area contributed by atoms with Gasteiger partial charge in [-0.1, -0.05) is 6.07 Å². The van der Waals surface area contributed by atoms with Crippen LogP contribution in [-0.2, 0) is 6.42 Å². The first-order chi connectivity index (χ1) is 8.43. The molecule has 1 aliphatic rings. The van der Waals surface area contributed by atoms with Gasteiger partial charge in [0, 0.05) is 23.9 Å². The van der Waals surface area contributed by atoms with Crippen LogP contribution in [0.15, 0.2) is 23.8 Å². The highest BCUT2D eigenvalue weighted by Gasteiger charge is 2.32. The zero-order chi connectivity index (χ0) is 11.5. The van der Waals surface area contributed by atoms with Crippen molar-refractivity contribution in [2.45, 2.75) is 25.3 Å². The molecule has 90 valence electrons. The second kappa shape index (κ2) is 4.98. The number of hydrogen-bond acceptors (Lipinski definition) is 4. The highest BCUT2D eigenvalue weighted by atomic mass is 32.1. The second-order valence-corrected chi connectivity index (χ2v) is 5.45. The van der Waals surface area contributed by atoms with E-state index in [-0.39, 0.29) is 0 Å². The van der Waals surface area contributed by atoms with Crippen molar-refractivity contribution < 1.29 is 0 Å². The smallest absolute Gasteiger partial charge is 0.137 e. The van der Waals surface area contributed by atoms with Crippen LogP contribution in [0, 0.1) is 5.92 Å². The molecule has 3 rings (SSSR count). The molecule has 0 bridgehead atoms. The molecule has 2 aromatic heterocycles. The van der Waals surface area contributed by atoms with E-state index in [0.717, 1.165) is 24.7 Å². The molecule has 1 aliphatic carbocycles. The summed E-state index contributed by atoms with van der Waals surface area (Å²) in [5.41, 5.74) is 0. The van der Waals surface area contributed by atoms with Crippen LogP contribution in [-0.4, -0.2) is 21.7 Å². The zero-order valence-electron chi connectivity index (χ0n) is 9.60. The summed E-state index contributed by atoms with van der Waals surface area (Å²) in [6.45, 7) is 0.953. The average Bonchev–Trinajstić information content (AvgIpc) is 2.84. The highest BCUT2D eigenvalue weighted by Crippen LogP contribution is 2.42. The molecule has 1 atom stereocenters. The topological polar surface area (TPSA) is 53.6 Å². The second-order valence-electron chi connectivity index (χ2n) is 4.47. The van der Waals surface area contributed by atoms with Crippen LogP contribution in [0.3, 0.4) is 0 Å². The van der Waals surface area contributed by atoms with Crippen molar-refractivity contribution >= 4 is 11.3 Å². The van der Waals surface area contributed by atoms with E-state index in [1.54, 1.807) is 6.33 Å². The van der Waals surface area contributed by atoms with E-state index in [9.17, 15) is 0 Å². The lowest BCUT2D eigenvalue weighted by Crippen LogP contribution is -2.24. The maximum atomic E-state index is 4.13. The summed E-state index contributed by atoms with van der Waals surface area (Å²) in [6.07, 6.45) is 5.19. The zero-order valence-corrected chi connectivity index (χ0v) is 10.4. The van der Waals surface area contributed by atoms with E-state index >= 15 is 0 Å². The number of aromatic amines is 1. The first-order valence-electron chi connectivity index (χ1n) is 6.04. The van der Waals surface area contributed by atoms with Crippen LogP contribution < -0.4 is 5.32 Å². The van der Waals surface area contributed by atoms with E-state index in [0.29, 0.717) is 6.04 Å². The fraction of sp³-hybridized carbons (Fsp3) is 0.500. The minimum Gasteiger partial charge on any atom is -0.309 e. The van der Waals surface area contributed by atoms with Crippen molar-refractivity contribution in [3.63, 3.8) is 0 Å². The molecule has 2 aromatic rings. The molecule has 17 heavy (non-hydrogen) atoms. The van der Waals surface area contributed by atoms with E-state index in [2.05, 4.69) is 38.0 Å². The molecule has 1 saturated carbocycles. The minimum atomic E-state index is 0.540. The molecule has 1 fully saturated rings. The Balaban J connectivity index is 1.55. The Morgan fingerprint density at radius 2 is 2.47 bits per heavy atom. The Morgan fingerprint density at radius 3 is 3.12 bits per heavy atom. The van der Waals surface area contributed by atoms with Gasteiger partial charge in [-0.2, -0.15) is 5.10 Å². The predicted octanol–water partition coefficient (Wildman–Crippen LogP) is 2.15. The maximum absolute atomic E-state index is 4.13. The molecular formula is C12H16N4S. The summed E-state index contributed by atoms with van der Waals surface area (Å²) in [7, 11) is 0. The molecular weight excluding hydrogens is 232 g/mol. The number of aromatic nitrogens is 3. The van der Waals surface area contributed by atoms with E-state index in [1.807, 2.05) is 11.3 Å². The normalized spacial score (nSPS) is 17.2. The minimum absolute atomic E-state index is 0.540. The molecule has 5 heteroatoms. The lowest BCUT2D eigenvalue weighted by atomic mass is 10.1. The Labute approximate surface area is 104 Å². The number of H-pyrrole nitrogens is 1. The van der Waals surface area contributed by atoms with Crippen molar-refractivity contribution in [1.29, 1.82) is 0 Å². The quantitative estimate of drug-likeness (QED) is 0.823. The fourth-order valence-corrected chi connectivity index (χ4v) is 2.99. The van der Waals surface area contributed by atoms with Gasteiger partial charge in [0.1, 0.15) is 12.2 Å². The standard InChI is InChI=1S/C12H16N4S/c1-2-10(17-7-1)12(9-3-4-9)13-6-5-11-14-8-15-16-11/h1-2,7-9,12-13H,3-6H2,(H,14,15,16). The van der Waals surface area contributed by atoms with Crippen molar-refractivity contribution in [1.82, 2.24) is 20.5 Å². The molecule has 2 N–H and O–H groups in total. The number of nitrogens with zero attached hydrogens (tertiary/aromatic N) is 2. The van der Waals surface area contributed by atoms with Gasteiger partial charge in [0.15, 0.2) is 0 Å². The van der Waals surface area contributed by atoms with Crippen LogP contribution in [0.1, 0.15) is 29.6 Å². The fourth-order valence-electron chi connectivity index (χ4n) is 2.09. The van der Waals surface area contributed by atoms with Crippen molar-refractivity contribution in [2.24, 2.45) is 5.92 Å². The van der Waals surface area contributed by atoms with Gasteiger partial charge in [0.25, 0.3) is 0 Å². The monoisotopic (exact) mass is 248 g/mol. The van der Waals surface area contributed by atoms with Crippen LogP contribution in [0.4, 0.5) is 0 Å². The molecule has 0 radical (unpaired) electrons. The van der Waals surface area contributed by atoms with Crippen LogP contribution >= 0.6 is 11.3 Å². The molecule has 0 aliphatic heterocycles. The number of rotatable bonds is 6. The lowest BCUT2D eigenvalue weighted by Gasteiger charge is -2.16. The summed E-state index contributed by atoms with van der Waals surface area (Å²) in [6, 6.07) is 4.90. The first-order valence-corrected chi connectivity index (χ1v) is 6.92. The largest absolute Gasteiger partial charge is 0.309 e. The molecule has 4 nitrogen and oxygen atoms in total. The van der Waals surface area contributed by atoms with E-state index < -0.39 is 0 Å². The van der Waals surface area contributed by atoms with Gasteiger partial charge in [-0.15, -0.1) is 11.3 Å².